The number of nitrogens with one attached hydrogen (secondary N) is 1. The Kier molecular flexibility index (Phi) is 3.74. The number of benzene rings is 1. The second-order valence-electron chi connectivity index (χ2n) is 6.32. The van der Waals surface area contributed by atoms with Gasteiger partial charge in [-0.15, -0.1) is 0 Å². The first kappa shape index (κ1) is 14.2. The molecule has 1 aliphatic carbocycles. The standard InChI is InChI=1S/C19H22N4/c1-20-18-19-22-13-17(23(19)12-11-21-18)16-9-7-15(8-10-16)14-5-3-2-4-6-14/h7-14H,2-6H2,1H3,(H,20,21). The molecule has 0 unspecified atom stereocenters. The SMILES string of the molecule is CNc1nccn2c(-c3ccc(C4CCCCC4)cc3)cnc12. The topological polar surface area (TPSA) is 42.2 Å². The summed E-state index contributed by atoms with van der Waals surface area (Å²) in [5, 5.41) is 3.09. The quantitative estimate of drug-likeness (QED) is 0.775. The minimum Gasteiger partial charge on any atom is -0.370 e. The van der Waals surface area contributed by atoms with Crippen LogP contribution in [0.3, 0.4) is 0 Å². The van der Waals surface area contributed by atoms with Crippen LogP contribution in [0.4, 0.5) is 5.82 Å². The van der Waals surface area contributed by atoms with Crippen molar-refractivity contribution >= 4 is 11.5 Å². The number of nitrogens with zero attached hydrogens (tertiary/aromatic N) is 3. The third-order valence-electron chi connectivity index (χ3n) is 4.95. The van der Waals surface area contributed by atoms with Gasteiger partial charge in [0.15, 0.2) is 11.5 Å². The van der Waals surface area contributed by atoms with Crippen molar-refractivity contribution in [1.82, 2.24) is 14.4 Å². The molecule has 4 nitrogen and oxygen atoms in total. The molecule has 4 rings (SSSR count). The van der Waals surface area contributed by atoms with Crippen LogP contribution in [0, 0.1) is 0 Å². The molecule has 118 valence electrons. The van der Waals surface area contributed by atoms with Crippen molar-refractivity contribution < 1.29 is 0 Å². The first-order valence-electron chi connectivity index (χ1n) is 8.47. The second-order valence-corrected chi connectivity index (χ2v) is 6.32. The molecule has 0 amide bonds. The van der Waals surface area contributed by atoms with Crippen LogP contribution in [0.15, 0.2) is 42.9 Å². The highest BCUT2D eigenvalue weighted by Gasteiger charge is 2.16. The minimum atomic E-state index is 0.750. The van der Waals surface area contributed by atoms with Gasteiger partial charge < -0.3 is 5.32 Å². The van der Waals surface area contributed by atoms with E-state index in [9.17, 15) is 0 Å². The Morgan fingerprint density at radius 1 is 1.04 bits per heavy atom. The molecule has 0 saturated heterocycles. The largest absolute Gasteiger partial charge is 0.370 e. The van der Waals surface area contributed by atoms with E-state index in [1.54, 1.807) is 6.20 Å². The van der Waals surface area contributed by atoms with E-state index >= 15 is 0 Å². The van der Waals surface area contributed by atoms with Crippen LogP contribution in [0.1, 0.15) is 43.6 Å². The lowest BCUT2D eigenvalue weighted by Gasteiger charge is -2.22. The first-order valence-corrected chi connectivity index (χ1v) is 8.47. The maximum absolute atomic E-state index is 4.52. The predicted octanol–water partition coefficient (Wildman–Crippen LogP) is 4.49. The van der Waals surface area contributed by atoms with Gasteiger partial charge in [-0.1, -0.05) is 43.5 Å². The average Bonchev–Trinajstić information content (AvgIpc) is 3.07. The van der Waals surface area contributed by atoms with E-state index in [2.05, 4.69) is 44.0 Å². The van der Waals surface area contributed by atoms with Crippen LogP contribution in [-0.4, -0.2) is 21.4 Å². The molecular weight excluding hydrogens is 284 g/mol. The summed E-state index contributed by atoms with van der Waals surface area (Å²) in [6.07, 6.45) is 12.5. The van der Waals surface area contributed by atoms with Crippen LogP contribution in [0.2, 0.25) is 0 Å². The molecule has 0 spiro atoms. The molecule has 2 heterocycles. The summed E-state index contributed by atoms with van der Waals surface area (Å²) < 4.78 is 2.09. The molecule has 1 fully saturated rings. The summed E-state index contributed by atoms with van der Waals surface area (Å²) in [7, 11) is 1.87. The molecule has 0 bridgehead atoms. The van der Waals surface area contributed by atoms with Crippen molar-refractivity contribution in [3.8, 4) is 11.3 Å². The van der Waals surface area contributed by atoms with Gasteiger partial charge in [-0.2, -0.15) is 0 Å². The lowest BCUT2D eigenvalue weighted by molar-refractivity contribution is 0.443. The molecule has 1 N–H and O–H groups in total. The summed E-state index contributed by atoms with van der Waals surface area (Å²) in [6, 6.07) is 9.05. The highest BCUT2D eigenvalue weighted by atomic mass is 15.1. The average molecular weight is 306 g/mol. The van der Waals surface area contributed by atoms with Crippen molar-refractivity contribution in [2.24, 2.45) is 0 Å². The van der Waals surface area contributed by atoms with Gasteiger partial charge in [0.25, 0.3) is 0 Å². The number of rotatable bonds is 3. The maximum Gasteiger partial charge on any atom is 0.180 e. The Labute approximate surface area is 136 Å². The Morgan fingerprint density at radius 3 is 2.57 bits per heavy atom. The van der Waals surface area contributed by atoms with Gasteiger partial charge in [0.2, 0.25) is 0 Å². The summed E-state index contributed by atoms with van der Waals surface area (Å²) in [5.41, 5.74) is 4.65. The van der Waals surface area contributed by atoms with E-state index in [0.717, 1.165) is 23.1 Å². The summed E-state index contributed by atoms with van der Waals surface area (Å²) >= 11 is 0. The van der Waals surface area contributed by atoms with Crippen LogP contribution < -0.4 is 5.32 Å². The molecule has 1 aromatic carbocycles. The van der Waals surface area contributed by atoms with E-state index in [0.29, 0.717) is 0 Å². The molecule has 4 heteroatoms. The molecule has 23 heavy (non-hydrogen) atoms. The smallest absolute Gasteiger partial charge is 0.180 e. The van der Waals surface area contributed by atoms with E-state index < -0.39 is 0 Å². The third-order valence-corrected chi connectivity index (χ3v) is 4.95. The monoisotopic (exact) mass is 306 g/mol. The van der Waals surface area contributed by atoms with Gasteiger partial charge in [-0.05, 0) is 24.3 Å². The summed E-state index contributed by atoms with van der Waals surface area (Å²) in [4.78, 5) is 8.83. The molecular formula is C19H22N4. The van der Waals surface area contributed by atoms with Gasteiger partial charge in [-0.3, -0.25) is 4.40 Å². The fraction of sp³-hybridized carbons (Fsp3) is 0.368. The number of imidazole rings is 1. The zero-order chi connectivity index (χ0) is 15.6. The molecule has 1 saturated carbocycles. The fourth-order valence-corrected chi connectivity index (χ4v) is 3.67. The Morgan fingerprint density at radius 2 is 1.83 bits per heavy atom. The molecule has 0 aliphatic heterocycles. The van der Waals surface area contributed by atoms with Crippen molar-refractivity contribution in [3.05, 3.63) is 48.4 Å². The van der Waals surface area contributed by atoms with E-state index in [1.807, 2.05) is 19.4 Å². The highest BCUT2D eigenvalue weighted by molar-refractivity contribution is 5.70. The van der Waals surface area contributed by atoms with Crippen LogP contribution in [0.25, 0.3) is 16.9 Å². The lowest BCUT2D eigenvalue weighted by Crippen LogP contribution is -2.04. The summed E-state index contributed by atoms with van der Waals surface area (Å²) in [6.45, 7) is 0. The van der Waals surface area contributed by atoms with Gasteiger partial charge >= 0.3 is 0 Å². The lowest BCUT2D eigenvalue weighted by atomic mass is 9.84. The molecule has 2 aromatic heterocycles. The molecule has 0 radical (unpaired) electrons. The van der Waals surface area contributed by atoms with Gasteiger partial charge in [0, 0.05) is 25.0 Å². The molecule has 1 aliphatic rings. The zero-order valence-electron chi connectivity index (χ0n) is 13.5. The zero-order valence-corrected chi connectivity index (χ0v) is 13.5. The summed E-state index contributed by atoms with van der Waals surface area (Å²) in [5.74, 6) is 1.55. The van der Waals surface area contributed by atoms with E-state index in [4.69, 9.17) is 0 Å². The van der Waals surface area contributed by atoms with Crippen molar-refractivity contribution in [3.63, 3.8) is 0 Å². The Hall–Kier alpha value is -2.36. The highest BCUT2D eigenvalue weighted by Crippen LogP contribution is 2.33. The van der Waals surface area contributed by atoms with Crippen LogP contribution in [0.5, 0.6) is 0 Å². The molecule has 0 atom stereocenters. The number of anilines is 1. The van der Waals surface area contributed by atoms with Crippen LogP contribution in [-0.2, 0) is 0 Å². The van der Waals surface area contributed by atoms with Gasteiger partial charge in [-0.25, -0.2) is 9.97 Å². The van der Waals surface area contributed by atoms with Gasteiger partial charge in [0.05, 0.1) is 11.9 Å². The Bertz CT molecular complexity index is 798. The second kappa shape index (κ2) is 6.03. The normalized spacial score (nSPS) is 15.9. The number of hydrogen-bond acceptors (Lipinski definition) is 3. The minimum absolute atomic E-state index is 0.750. The van der Waals surface area contributed by atoms with Crippen molar-refractivity contribution in [2.45, 2.75) is 38.0 Å². The third kappa shape index (κ3) is 2.58. The molecule has 3 aromatic rings. The number of aromatic nitrogens is 3. The van der Waals surface area contributed by atoms with Crippen molar-refractivity contribution in [1.29, 1.82) is 0 Å². The maximum atomic E-state index is 4.52. The van der Waals surface area contributed by atoms with E-state index in [-0.39, 0.29) is 0 Å². The van der Waals surface area contributed by atoms with E-state index in [1.165, 1.54) is 43.2 Å². The van der Waals surface area contributed by atoms with Crippen LogP contribution >= 0.6 is 0 Å². The fourth-order valence-electron chi connectivity index (χ4n) is 3.67. The first-order chi connectivity index (χ1) is 11.4. The number of hydrogen-bond donors (Lipinski definition) is 1. The van der Waals surface area contributed by atoms with Gasteiger partial charge in [0.1, 0.15) is 0 Å². The Balaban J connectivity index is 1.68. The predicted molar refractivity (Wildman–Crippen MR) is 93.8 cm³/mol. The number of fused-ring (bicyclic) bond motifs is 1. The van der Waals surface area contributed by atoms with Crippen molar-refractivity contribution in [2.75, 3.05) is 12.4 Å².